The van der Waals surface area contributed by atoms with E-state index >= 15 is 0 Å². The van der Waals surface area contributed by atoms with E-state index in [1.807, 2.05) is 0 Å². The average Bonchev–Trinajstić information content (AvgIpc) is 3.11. The van der Waals surface area contributed by atoms with Gasteiger partial charge in [0.1, 0.15) is 17.3 Å². The van der Waals surface area contributed by atoms with Crippen LogP contribution in [0.3, 0.4) is 0 Å². The van der Waals surface area contributed by atoms with Gasteiger partial charge in [-0.25, -0.2) is 0 Å². The van der Waals surface area contributed by atoms with Crippen molar-refractivity contribution in [3.05, 3.63) is 11.6 Å². The van der Waals surface area contributed by atoms with Crippen molar-refractivity contribution in [3.8, 4) is 0 Å². The highest BCUT2D eigenvalue weighted by Gasteiger charge is 2.61. The Labute approximate surface area is 100.0 Å². The summed E-state index contributed by atoms with van der Waals surface area (Å²) >= 11 is 0. The maximum absolute atomic E-state index is 12.1. The van der Waals surface area contributed by atoms with E-state index in [9.17, 15) is 9.59 Å². The molecule has 1 heterocycles. The summed E-state index contributed by atoms with van der Waals surface area (Å²) in [6, 6.07) is 0. The number of allylic oxidation sites excluding steroid dienone is 1. The molecule has 0 aromatic carbocycles. The first-order chi connectivity index (χ1) is 8.19. The fraction of sp³-hybridized carbons (Fsp3) is 0.692. The molecule has 3 aliphatic rings. The Hall–Kier alpha value is -1.16. The van der Waals surface area contributed by atoms with Gasteiger partial charge in [0.2, 0.25) is 0 Å². The van der Waals surface area contributed by atoms with Gasteiger partial charge < -0.3 is 9.47 Å². The molecule has 1 spiro atoms. The number of hydrogen-bond acceptors (Lipinski definition) is 4. The molecule has 17 heavy (non-hydrogen) atoms. The van der Waals surface area contributed by atoms with E-state index in [2.05, 4.69) is 6.08 Å². The number of methoxy groups -OCH3 is 1. The monoisotopic (exact) mass is 236 g/mol. The molecule has 0 unspecified atom stereocenters. The van der Waals surface area contributed by atoms with Gasteiger partial charge in [-0.1, -0.05) is 6.08 Å². The van der Waals surface area contributed by atoms with Crippen LogP contribution in [0.4, 0.5) is 0 Å². The SMILES string of the molecule is COC(=O)[C@@H]1C(=O)CCC2=CCC[C@@H]1[C@]21CO1. The van der Waals surface area contributed by atoms with Crippen LogP contribution in [0.5, 0.6) is 0 Å². The molecule has 1 aliphatic heterocycles. The van der Waals surface area contributed by atoms with Gasteiger partial charge in [-0.2, -0.15) is 0 Å². The minimum absolute atomic E-state index is 0.00931. The van der Waals surface area contributed by atoms with Crippen molar-refractivity contribution in [1.29, 1.82) is 0 Å². The van der Waals surface area contributed by atoms with Crippen molar-refractivity contribution in [1.82, 2.24) is 0 Å². The second-order valence-corrected chi connectivity index (χ2v) is 5.06. The first kappa shape index (κ1) is 11.0. The molecule has 92 valence electrons. The average molecular weight is 236 g/mol. The van der Waals surface area contributed by atoms with Gasteiger partial charge in [-0.15, -0.1) is 0 Å². The lowest BCUT2D eigenvalue weighted by Crippen LogP contribution is -2.40. The molecule has 0 aromatic rings. The molecule has 1 saturated heterocycles. The molecule has 0 aromatic heterocycles. The van der Waals surface area contributed by atoms with Gasteiger partial charge in [0, 0.05) is 12.3 Å². The normalized spacial score (nSPS) is 39.6. The summed E-state index contributed by atoms with van der Waals surface area (Å²) in [4.78, 5) is 23.9. The summed E-state index contributed by atoms with van der Waals surface area (Å²) < 4.78 is 10.4. The van der Waals surface area contributed by atoms with Crippen LogP contribution >= 0.6 is 0 Å². The highest BCUT2D eigenvalue weighted by molar-refractivity contribution is 6.00. The number of esters is 1. The third kappa shape index (κ3) is 1.47. The number of epoxide rings is 1. The molecule has 3 rings (SSSR count). The largest absolute Gasteiger partial charge is 0.468 e. The van der Waals surface area contributed by atoms with Gasteiger partial charge in [-0.3, -0.25) is 9.59 Å². The third-order valence-electron chi connectivity index (χ3n) is 4.31. The molecule has 2 fully saturated rings. The zero-order valence-electron chi connectivity index (χ0n) is 9.90. The second kappa shape index (κ2) is 3.67. The topological polar surface area (TPSA) is 55.9 Å². The first-order valence-corrected chi connectivity index (χ1v) is 6.13. The van der Waals surface area contributed by atoms with Crippen molar-refractivity contribution in [2.75, 3.05) is 13.7 Å². The molecule has 2 aliphatic carbocycles. The number of ketones is 1. The lowest BCUT2D eigenvalue weighted by molar-refractivity contribution is -0.152. The van der Waals surface area contributed by atoms with E-state index in [1.54, 1.807) is 0 Å². The zero-order chi connectivity index (χ0) is 12.0. The highest BCUT2D eigenvalue weighted by atomic mass is 16.6. The quantitative estimate of drug-likeness (QED) is 0.297. The van der Waals surface area contributed by atoms with E-state index in [0.29, 0.717) is 13.0 Å². The second-order valence-electron chi connectivity index (χ2n) is 5.06. The fourth-order valence-corrected chi connectivity index (χ4v) is 3.37. The summed E-state index contributed by atoms with van der Waals surface area (Å²) in [7, 11) is 1.35. The summed E-state index contributed by atoms with van der Waals surface area (Å²) in [6.45, 7) is 0.657. The zero-order valence-corrected chi connectivity index (χ0v) is 9.90. The van der Waals surface area contributed by atoms with Crippen LogP contribution in [0, 0.1) is 11.8 Å². The van der Waals surface area contributed by atoms with Gasteiger partial charge in [0.25, 0.3) is 0 Å². The van der Waals surface area contributed by atoms with Crippen LogP contribution in [-0.4, -0.2) is 31.1 Å². The van der Waals surface area contributed by atoms with Crippen molar-refractivity contribution in [2.45, 2.75) is 31.3 Å². The summed E-state index contributed by atoms with van der Waals surface area (Å²) in [5, 5.41) is 0. The highest BCUT2D eigenvalue weighted by Crippen LogP contribution is 2.53. The van der Waals surface area contributed by atoms with Gasteiger partial charge >= 0.3 is 5.97 Å². The number of hydrogen-bond donors (Lipinski definition) is 0. The Kier molecular flexibility index (Phi) is 2.36. The molecule has 0 amide bonds. The van der Waals surface area contributed by atoms with E-state index in [-0.39, 0.29) is 17.3 Å². The van der Waals surface area contributed by atoms with E-state index < -0.39 is 11.9 Å². The molecule has 4 heteroatoms. The van der Waals surface area contributed by atoms with Crippen molar-refractivity contribution in [2.24, 2.45) is 11.8 Å². The van der Waals surface area contributed by atoms with Crippen LogP contribution in [0.25, 0.3) is 0 Å². The Bertz CT molecular complexity index is 406. The van der Waals surface area contributed by atoms with Gasteiger partial charge in [0.05, 0.1) is 13.7 Å². The van der Waals surface area contributed by atoms with Crippen molar-refractivity contribution < 1.29 is 19.1 Å². The minimum Gasteiger partial charge on any atom is -0.468 e. The number of Topliss-reactive ketones (excluding diaryl/α,β-unsaturated/α-hetero) is 1. The molecule has 0 radical (unpaired) electrons. The van der Waals surface area contributed by atoms with Crippen LogP contribution in [0.1, 0.15) is 25.7 Å². The molecule has 0 N–H and O–H groups in total. The third-order valence-corrected chi connectivity index (χ3v) is 4.31. The smallest absolute Gasteiger partial charge is 0.316 e. The summed E-state index contributed by atoms with van der Waals surface area (Å²) in [5.74, 6) is -1.00. The Morgan fingerprint density at radius 1 is 1.53 bits per heavy atom. The van der Waals surface area contributed by atoms with E-state index in [1.165, 1.54) is 12.7 Å². The Morgan fingerprint density at radius 2 is 2.29 bits per heavy atom. The lowest BCUT2D eigenvalue weighted by atomic mass is 9.72. The van der Waals surface area contributed by atoms with Gasteiger partial charge in [-0.05, 0) is 24.8 Å². The van der Waals surface area contributed by atoms with Crippen molar-refractivity contribution in [3.63, 3.8) is 0 Å². The summed E-state index contributed by atoms with van der Waals surface area (Å²) in [5.41, 5.74) is 0.928. The van der Waals surface area contributed by atoms with Crippen molar-refractivity contribution >= 4 is 11.8 Å². The van der Waals surface area contributed by atoms with Crippen LogP contribution in [0.15, 0.2) is 11.6 Å². The number of rotatable bonds is 1. The standard InChI is InChI=1S/C13H16O4/c1-16-12(15)11-9-4-2-3-8(5-6-10(11)14)13(9)7-17-13/h3,9,11H,2,4-7H2,1H3/t9-,11-,13-/m0/s1. The van der Waals surface area contributed by atoms with E-state index in [0.717, 1.165) is 19.3 Å². The fourth-order valence-electron chi connectivity index (χ4n) is 3.37. The van der Waals surface area contributed by atoms with E-state index in [4.69, 9.17) is 9.47 Å². The molecule has 4 nitrogen and oxygen atoms in total. The predicted molar refractivity (Wildman–Crippen MR) is 59.2 cm³/mol. The maximum Gasteiger partial charge on any atom is 0.316 e. The number of carbonyl (C=O) groups excluding carboxylic acids is 2. The lowest BCUT2D eigenvalue weighted by Gasteiger charge is -2.31. The van der Waals surface area contributed by atoms with Crippen LogP contribution in [0.2, 0.25) is 0 Å². The Balaban J connectivity index is 2.01. The molecule has 3 atom stereocenters. The molecule has 1 saturated carbocycles. The number of ether oxygens (including phenoxy) is 2. The first-order valence-electron chi connectivity index (χ1n) is 6.13. The van der Waals surface area contributed by atoms with Crippen LogP contribution < -0.4 is 0 Å². The maximum atomic E-state index is 12.1. The Morgan fingerprint density at radius 3 is 2.94 bits per heavy atom. The van der Waals surface area contributed by atoms with Crippen LogP contribution in [-0.2, 0) is 19.1 Å². The minimum atomic E-state index is -0.617. The molecular weight excluding hydrogens is 220 g/mol. The molecule has 2 bridgehead atoms. The summed E-state index contributed by atoms with van der Waals surface area (Å²) in [6.07, 6.45) is 5.15. The van der Waals surface area contributed by atoms with Gasteiger partial charge in [0.15, 0.2) is 0 Å². The molecular formula is C13H16O4. The number of carbonyl (C=O) groups is 2. The predicted octanol–water partition coefficient (Wildman–Crippen LogP) is 1.24.